The Labute approximate surface area is 159 Å². The van der Waals surface area contributed by atoms with Crippen LogP contribution in [-0.4, -0.2) is 18.9 Å². The molecule has 0 aromatic heterocycles. The summed E-state index contributed by atoms with van der Waals surface area (Å²) in [6.45, 7) is 0. The highest BCUT2D eigenvalue weighted by Gasteiger charge is 2.13. The number of rotatable bonds is 5. The molecule has 0 saturated carbocycles. The molecule has 0 fully saturated rings. The topological polar surface area (TPSA) is 119 Å². The van der Waals surface area contributed by atoms with E-state index in [1.54, 1.807) is 18.2 Å². The standard InChI is InChI=1S/C16H11Cl2N3O4S/c17-11-4-12(18)6-14(5-11)20-9-10(8-19)16(22)21-13-2-1-3-15(7-13)26(23,24)25/h1-7,9,20H,(H,21,22)(H,23,24,25)/b10-9-. The first-order valence-electron chi connectivity index (χ1n) is 6.91. The minimum atomic E-state index is -4.41. The van der Waals surface area contributed by atoms with Crippen molar-refractivity contribution in [3.05, 3.63) is 64.3 Å². The van der Waals surface area contributed by atoms with E-state index in [2.05, 4.69) is 10.6 Å². The number of nitrogens with zero attached hydrogens (tertiary/aromatic N) is 1. The lowest BCUT2D eigenvalue weighted by molar-refractivity contribution is -0.112. The number of hydrogen-bond donors (Lipinski definition) is 3. The van der Waals surface area contributed by atoms with Gasteiger partial charge in [-0.05, 0) is 36.4 Å². The van der Waals surface area contributed by atoms with Crippen LogP contribution in [0, 0.1) is 11.3 Å². The van der Waals surface area contributed by atoms with E-state index in [4.69, 9.17) is 33.0 Å². The van der Waals surface area contributed by atoms with E-state index in [-0.39, 0.29) is 16.2 Å². The van der Waals surface area contributed by atoms with Crippen LogP contribution in [0.1, 0.15) is 0 Å². The zero-order valence-electron chi connectivity index (χ0n) is 12.9. The highest BCUT2D eigenvalue weighted by molar-refractivity contribution is 7.85. The van der Waals surface area contributed by atoms with E-state index in [0.717, 1.165) is 18.3 Å². The molecule has 2 rings (SSSR count). The molecule has 0 bridgehead atoms. The second-order valence-corrected chi connectivity index (χ2v) is 7.22. The Morgan fingerprint density at radius 3 is 2.35 bits per heavy atom. The molecule has 3 N–H and O–H groups in total. The van der Waals surface area contributed by atoms with Crippen LogP contribution in [0.4, 0.5) is 11.4 Å². The van der Waals surface area contributed by atoms with Crippen molar-refractivity contribution in [3.63, 3.8) is 0 Å². The molecule has 2 aromatic rings. The van der Waals surface area contributed by atoms with Crippen LogP contribution >= 0.6 is 23.2 Å². The monoisotopic (exact) mass is 411 g/mol. The summed E-state index contributed by atoms with van der Waals surface area (Å²) in [5.41, 5.74) is 0.284. The van der Waals surface area contributed by atoms with Gasteiger partial charge in [-0.2, -0.15) is 13.7 Å². The average molecular weight is 412 g/mol. The third-order valence-electron chi connectivity index (χ3n) is 3.00. The molecular weight excluding hydrogens is 401 g/mol. The quantitative estimate of drug-likeness (QED) is 0.391. The lowest BCUT2D eigenvalue weighted by Gasteiger charge is -2.07. The van der Waals surface area contributed by atoms with Crippen molar-refractivity contribution in [1.29, 1.82) is 5.26 Å². The van der Waals surface area contributed by atoms with Crippen LogP contribution in [0.15, 0.2) is 59.1 Å². The van der Waals surface area contributed by atoms with Crippen molar-refractivity contribution >= 4 is 50.6 Å². The smallest absolute Gasteiger partial charge is 0.294 e. The van der Waals surface area contributed by atoms with Crippen LogP contribution in [0.2, 0.25) is 10.0 Å². The van der Waals surface area contributed by atoms with Crippen molar-refractivity contribution < 1.29 is 17.8 Å². The van der Waals surface area contributed by atoms with Crippen LogP contribution in [0.5, 0.6) is 0 Å². The number of carbonyl (C=O) groups excluding carboxylic acids is 1. The van der Waals surface area contributed by atoms with Crippen molar-refractivity contribution in [2.24, 2.45) is 0 Å². The Morgan fingerprint density at radius 1 is 1.12 bits per heavy atom. The summed E-state index contributed by atoms with van der Waals surface area (Å²) in [6, 6.07) is 11.3. The van der Waals surface area contributed by atoms with Crippen LogP contribution in [-0.2, 0) is 14.9 Å². The normalized spacial score (nSPS) is 11.5. The molecule has 2 aromatic carbocycles. The summed E-state index contributed by atoms with van der Waals surface area (Å²) in [6.07, 6.45) is 1.16. The Bertz CT molecular complexity index is 1010. The first-order valence-corrected chi connectivity index (χ1v) is 9.10. The van der Waals surface area contributed by atoms with E-state index in [1.807, 2.05) is 0 Å². The van der Waals surface area contributed by atoms with E-state index in [1.165, 1.54) is 18.2 Å². The number of nitrogens with one attached hydrogen (secondary N) is 2. The summed E-state index contributed by atoms with van der Waals surface area (Å²) in [7, 11) is -4.41. The van der Waals surface area contributed by atoms with Crippen LogP contribution < -0.4 is 10.6 Å². The van der Waals surface area contributed by atoms with Crippen LogP contribution in [0.3, 0.4) is 0 Å². The predicted molar refractivity (Wildman–Crippen MR) is 98.7 cm³/mol. The van der Waals surface area contributed by atoms with Gasteiger partial charge < -0.3 is 10.6 Å². The fourth-order valence-corrected chi connectivity index (χ4v) is 2.93. The van der Waals surface area contributed by atoms with E-state index in [9.17, 15) is 13.2 Å². The number of carbonyl (C=O) groups is 1. The van der Waals surface area contributed by atoms with Gasteiger partial charge in [0.2, 0.25) is 0 Å². The molecule has 7 nitrogen and oxygen atoms in total. The lowest BCUT2D eigenvalue weighted by atomic mass is 10.2. The van der Waals surface area contributed by atoms with Crippen molar-refractivity contribution in [1.82, 2.24) is 0 Å². The predicted octanol–water partition coefficient (Wildman–Crippen LogP) is 3.70. The first-order chi connectivity index (χ1) is 12.2. The minimum Gasteiger partial charge on any atom is -0.360 e. The van der Waals surface area contributed by atoms with Gasteiger partial charge in [0.25, 0.3) is 16.0 Å². The summed E-state index contributed by atoms with van der Waals surface area (Å²) in [5, 5.41) is 15.0. The number of amides is 1. The zero-order valence-corrected chi connectivity index (χ0v) is 15.2. The van der Waals surface area contributed by atoms with Gasteiger partial charge in [0.15, 0.2) is 0 Å². The number of hydrogen-bond acceptors (Lipinski definition) is 5. The van der Waals surface area contributed by atoms with Crippen molar-refractivity contribution in [2.75, 3.05) is 10.6 Å². The van der Waals surface area contributed by atoms with E-state index < -0.39 is 16.0 Å². The molecule has 0 spiro atoms. The van der Waals surface area contributed by atoms with Gasteiger partial charge >= 0.3 is 0 Å². The van der Waals surface area contributed by atoms with E-state index >= 15 is 0 Å². The maximum absolute atomic E-state index is 12.2. The second kappa shape index (κ2) is 8.21. The maximum atomic E-state index is 12.2. The van der Waals surface area contributed by atoms with Gasteiger partial charge in [0.05, 0.1) is 4.90 Å². The molecule has 134 valence electrons. The SMILES string of the molecule is N#C/C(=C/Nc1cc(Cl)cc(Cl)c1)C(=O)Nc1cccc(S(=O)(=O)O)c1. The Morgan fingerprint density at radius 2 is 1.77 bits per heavy atom. The van der Waals surface area contributed by atoms with Gasteiger partial charge in [-0.15, -0.1) is 0 Å². The number of nitriles is 1. The number of halogens is 2. The lowest BCUT2D eigenvalue weighted by Crippen LogP contribution is -2.15. The molecule has 0 saturated heterocycles. The van der Waals surface area contributed by atoms with E-state index in [0.29, 0.717) is 15.7 Å². The first kappa shape index (κ1) is 19.8. The molecule has 10 heteroatoms. The average Bonchev–Trinajstić information content (AvgIpc) is 2.54. The Balaban J connectivity index is 2.17. The molecule has 1 amide bonds. The summed E-state index contributed by atoms with van der Waals surface area (Å²) in [5.74, 6) is -0.777. The van der Waals surface area contributed by atoms with Gasteiger partial charge in [0.1, 0.15) is 11.6 Å². The molecule has 0 aliphatic rings. The van der Waals surface area contributed by atoms with Crippen molar-refractivity contribution in [2.45, 2.75) is 4.90 Å². The maximum Gasteiger partial charge on any atom is 0.294 e. The molecule has 0 atom stereocenters. The molecule has 0 unspecified atom stereocenters. The zero-order chi connectivity index (χ0) is 19.3. The summed E-state index contributed by atoms with van der Waals surface area (Å²) < 4.78 is 31.3. The number of benzene rings is 2. The second-order valence-electron chi connectivity index (χ2n) is 4.93. The van der Waals surface area contributed by atoms with Crippen LogP contribution in [0.25, 0.3) is 0 Å². The Hall–Kier alpha value is -2.57. The molecule has 0 heterocycles. The fraction of sp³-hybridized carbons (Fsp3) is 0. The summed E-state index contributed by atoms with van der Waals surface area (Å²) >= 11 is 11.7. The fourth-order valence-electron chi connectivity index (χ4n) is 1.87. The molecule has 0 aliphatic heterocycles. The summed E-state index contributed by atoms with van der Waals surface area (Å²) in [4.78, 5) is 11.8. The molecular formula is C16H11Cl2N3O4S. The van der Waals surface area contributed by atoms with Gasteiger partial charge in [0, 0.05) is 27.6 Å². The third kappa shape index (κ3) is 5.47. The third-order valence-corrected chi connectivity index (χ3v) is 4.29. The highest BCUT2D eigenvalue weighted by Crippen LogP contribution is 2.22. The molecule has 26 heavy (non-hydrogen) atoms. The molecule has 0 aliphatic carbocycles. The van der Waals surface area contributed by atoms with Gasteiger partial charge in [-0.1, -0.05) is 29.3 Å². The number of anilines is 2. The Kier molecular flexibility index (Phi) is 6.23. The van der Waals surface area contributed by atoms with Crippen molar-refractivity contribution in [3.8, 4) is 6.07 Å². The minimum absolute atomic E-state index is 0.0945. The highest BCUT2D eigenvalue weighted by atomic mass is 35.5. The molecule has 0 radical (unpaired) electrons. The van der Waals surface area contributed by atoms with Gasteiger partial charge in [-0.3, -0.25) is 9.35 Å². The van der Waals surface area contributed by atoms with Gasteiger partial charge in [-0.25, -0.2) is 0 Å². The largest absolute Gasteiger partial charge is 0.360 e.